The molecule has 0 bridgehead atoms. The van der Waals surface area contributed by atoms with Crippen LogP contribution in [0.5, 0.6) is 0 Å². The van der Waals surface area contributed by atoms with Gasteiger partial charge in [0.05, 0.1) is 19.3 Å². The van der Waals surface area contributed by atoms with E-state index < -0.39 is 0 Å². The molecule has 0 amide bonds. The molecule has 2 heterocycles. The first kappa shape index (κ1) is 23.3. The van der Waals surface area contributed by atoms with Gasteiger partial charge in [-0.3, -0.25) is 0 Å². The number of ether oxygens (including phenoxy) is 1. The molecule has 1 aliphatic heterocycles. The van der Waals surface area contributed by atoms with Gasteiger partial charge in [-0.2, -0.15) is 0 Å². The Morgan fingerprint density at radius 3 is 2.62 bits per heavy atom. The number of benzene rings is 1. The number of hydrogen-bond donors (Lipinski definition) is 2. The fraction of sp³-hybridized carbons (Fsp3) is 0.429. The zero-order chi connectivity index (χ0) is 19.8. The number of hydrogen-bond acceptors (Lipinski definition) is 4. The second kappa shape index (κ2) is 11.9. The van der Waals surface area contributed by atoms with E-state index in [4.69, 9.17) is 4.74 Å². The number of pyridine rings is 1. The monoisotopic (exact) mass is 513 g/mol. The van der Waals surface area contributed by atoms with Crippen molar-refractivity contribution in [3.63, 3.8) is 0 Å². The zero-order valence-corrected chi connectivity index (χ0v) is 19.2. The Balaban J connectivity index is 0.00000300. The molecule has 8 heteroatoms. The highest BCUT2D eigenvalue weighted by Crippen LogP contribution is 2.15. The summed E-state index contributed by atoms with van der Waals surface area (Å²) < 4.78 is 18.6. The van der Waals surface area contributed by atoms with E-state index in [2.05, 4.69) is 38.5 Å². The first-order chi connectivity index (χ1) is 13.6. The summed E-state index contributed by atoms with van der Waals surface area (Å²) in [5.41, 5.74) is 2.04. The summed E-state index contributed by atoms with van der Waals surface area (Å²) in [6.45, 7) is 8.45. The predicted molar refractivity (Wildman–Crippen MR) is 125 cm³/mol. The van der Waals surface area contributed by atoms with Gasteiger partial charge in [0.15, 0.2) is 5.96 Å². The Bertz CT molecular complexity index is 770. The van der Waals surface area contributed by atoms with E-state index in [1.54, 1.807) is 12.1 Å². The quantitative estimate of drug-likeness (QED) is 0.353. The lowest BCUT2D eigenvalue weighted by Gasteiger charge is -2.32. The maximum Gasteiger partial charge on any atom is 0.191 e. The van der Waals surface area contributed by atoms with E-state index in [-0.39, 0.29) is 35.9 Å². The summed E-state index contributed by atoms with van der Waals surface area (Å²) in [5, 5.41) is 6.49. The molecule has 1 aromatic heterocycles. The van der Waals surface area contributed by atoms with E-state index in [1.165, 1.54) is 12.1 Å². The molecule has 1 aromatic carbocycles. The second-order valence-electron chi connectivity index (χ2n) is 6.83. The van der Waals surface area contributed by atoms with Crippen molar-refractivity contribution in [3.05, 3.63) is 59.5 Å². The number of morpholine rings is 1. The Kier molecular flexibility index (Phi) is 9.59. The number of rotatable bonds is 6. The Morgan fingerprint density at radius 2 is 1.97 bits per heavy atom. The Morgan fingerprint density at radius 1 is 1.21 bits per heavy atom. The first-order valence-electron chi connectivity index (χ1n) is 9.72. The van der Waals surface area contributed by atoms with Crippen LogP contribution in [0.4, 0.5) is 10.2 Å². The van der Waals surface area contributed by atoms with Gasteiger partial charge in [-0.15, -0.1) is 24.0 Å². The SMILES string of the molecule is CCNC(=NCc1ccc(N2CCOC(C)C2)nc1)NCc1ccc(F)cc1.I. The highest BCUT2D eigenvalue weighted by molar-refractivity contribution is 14.0. The van der Waals surface area contributed by atoms with Crippen LogP contribution in [-0.4, -0.2) is 43.3 Å². The van der Waals surface area contributed by atoms with Crippen molar-refractivity contribution < 1.29 is 9.13 Å². The van der Waals surface area contributed by atoms with Gasteiger partial charge in [0, 0.05) is 32.4 Å². The van der Waals surface area contributed by atoms with Crippen LogP contribution >= 0.6 is 24.0 Å². The molecule has 3 rings (SSSR count). The van der Waals surface area contributed by atoms with Gasteiger partial charge in [0.1, 0.15) is 11.6 Å². The molecule has 2 aromatic rings. The number of halogens is 2. The fourth-order valence-corrected chi connectivity index (χ4v) is 3.02. The number of nitrogens with zero attached hydrogens (tertiary/aromatic N) is 3. The predicted octanol–water partition coefficient (Wildman–Crippen LogP) is 3.32. The second-order valence-corrected chi connectivity index (χ2v) is 6.83. The van der Waals surface area contributed by atoms with Gasteiger partial charge in [-0.1, -0.05) is 18.2 Å². The average molecular weight is 513 g/mol. The van der Waals surface area contributed by atoms with Crippen LogP contribution in [-0.2, 0) is 17.8 Å². The molecule has 1 saturated heterocycles. The van der Waals surface area contributed by atoms with Gasteiger partial charge in [0.25, 0.3) is 0 Å². The van der Waals surface area contributed by atoms with Crippen LogP contribution in [0.2, 0.25) is 0 Å². The zero-order valence-electron chi connectivity index (χ0n) is 16.9. The van der Waals surface area contributed by atoms with E-state index in [0.29, 0.717) is 13.1 Å². The molecule has 0 radical (unpaired) electrons. The molecule has 1 atom stereocenters. The van der Waals surface area contributed by atoms with Crippen LogP contribution in [0, 0.1) is 5.82 Å². The molecule has 6 nitrogen and oxygen atoms in total. The van der Waals surface area contributed by atoms with Crippen molar-refractivity contribution in [1.29, 1.82) is 0 Å². The summed E-state index contributed by atoms with van der Waals surface area (Å²) in [6, 6.07) is 10.6. The van der Waals surface area contributed by atoms with Crippen molar-refractivity contribution in [1.82, 2.24) is 15.6 Å². The molecule has 158 valence electrons. The van der Waals surface area contributed by atoms with Crippen LogP contribution in [0.3, 0.4) is 0 Å². The summed E-state index contributed by atoms with van der Waals surface area (Å²) in [4.78, 5) is 11.5. The normalized spacial score (nSPS) is 16.9. The lowest BCUT2D eigenvalue weighted by molar-refractivity contribution is 0.0529. The molecule has 2 N–H and O–H groups in total. The fourth-order valence-electron chi connectivity index (χ4n) is 3.02. The standard InChI is InChI=1S/C21H28FN5O.HI/c1-3-23-21(25-12-17-4-7-19(22)8-5-17)26-14-18-6-9-20(24-13-18)27-10-11-28-16(2)15-27;/h4-9,13,16H,3,10-12,14-15H2,1-2H3,(H2,23,25,26);1H. The number of aromatic nitrogens is 1. The smallest absolute Gasteiger partial charge is 0.191 e. The van der Waals surface area contributed by atoms with E-state index in [9.17, 15) is 4.39 Å². The number of aliphatic imine (C=N–C) groups is 1. The number of guanidine groups is 1. The summed E-state index contributed by atoms with van der Waals surface area (Å²) in [5.74, 6) is 1.47. The average Bonchev–Trinajstić information content (AvgIpc) is 2.72. The molecule has 1 fully saturated rings. The topological polar surface area (TPSA) is 61.8 Å². The minimum atomic E-state index is -0.230. The van der Waals surface area contributed by atoms with E-state index in [1.807, 2.05) is 19.2 Å². The van der Waals surface area contributed by atoms with Crippen LogP contribution in [0.25, 0.3) is 0 Å². The maximum absolute atomic E-state index is 13.0. The van der Waals surface area contributed by atoms with E-state index >= 15 is 0 Å². The molecule has 1 unspecified atom stereocenters. The molecular formula is C21H29FIN5O. The number of anilines is 1. The third kappa shape index (κ3) is 7.43. The van der Waals surface area contributed by atoms with Crippen molar-refractivity contribution in [2.75, 3.05) is 31.1 Å². The summed E-state index contributed by atoms with van der Waals surface area (Å²) in [6.07, 6.45) is 2.11. The van der Waals surface area contributed by atoms with Crippen LogP contribution in [0.1, 0.15) is 25.0 Å². The molecule has 0 spiro atoms. The Hall–Kier alpha value is -1.94. The van der Waals surface area contributed by atoms with Gasteiger partial charge < -0.3 is 20.3 Å². The molecule has 0 aliphatic carbocycles. The largest absolute Gasteiger partial charge is 0.375 e. The van der Waals surface area contributed by atoms with E-state index in [0.717, 1.165) is 49.1 Å². The van der Waals surface area contributed by atoms with Crippen molar-refractivity contribution in [2.45, 2.75) is 33.0 Å². The Labute approximate surface area is 189 Å². The number of nitrogens with one attached hydrogen (secondary N) is 2. The molecular weight excluding hydrogens is 484 g/mol. The van der Waals surface area contributed by atoms with Crippen LogP contribution in [0.15, 0.2) is 47.6 Å². The van der Waals surface area contributed by atoms with Crippen LogP contribution < -0.4 is 15.5 Å². The van der Waals surface area contributed by atoms with Gasteiger partial charge >= 0.3 is 0 Å². The van der Waals surface area contributed by atoms with Crippen molar-refractivity contribution in [2.24, 2.45) is 4.99 Å². The third-order valence-electron chi connectivity index (χ3n) is 4.51. The lowest BCUT2D eigenvalue weighted by Crippen LogP contribution is -2.41. The van der Waals surface area contributed by atoms with Crippen molar-refractivity contribution >= 4 is 35.8 Å². The lowest BCUT2D eigenvalue weighted by atomic mass is 10.2. The molecule has 29 heavy (non-hydrogen) atoms. The molecule has 0 saturated carbocycles. The third-order valence-corrected chi connectivity index (χ3v) is 4.51. The van der Waals surface area contributed by atoms with Crippen molar-refractivity contribution in [3.8, 4) is 0 Å². The van der Waals surface area contributed by atoms with Gasteiger partial charge in [-0.25, -0.2) is 14.4 Å². The highest BCUT2D eigenvalue weighted by Gasteiger charge is 2.17. The van der Waals surface area contributed by atoms with Gasteiger partial charge in [0.2, 0.25) is 0 Å². The highest BCUT2D eigenvalue weighted by atomic mass is 127. The summed E-state index contributed by atoms with van der Waals surface area (Å²) in [7, 11) is 0. The minimum absolute atomic E-state index is 0. The first-order valence-corrected chi connectivity index (χ1v) is 9.72. The summed E-state index contributed by atoms with van der Waals surface area (Å²) >= 11 is 0. The van der Waals surface area contributed by atoms with Gasteiger partial charge in [-0.05, 0) is 43.2 Å². The maximum atomic E-state index is 13.0. The minimum Gasteiger partial charge on any atom is -0.375 e. The molecule has 1 aliphatic rings.